The van der Waals surface area contributed by atoms with Crippen LogP contribution >= 0.6 is 15.9 Å². The van der Waals surface area contributed by atoms with Gasteiger partial charge in [0.05, 0.1) is 11.2 Å². The Balaban J connectivity index is 3.06. The molecular weight excluding hydrogens is 353 g/mol. The molecular formula is C13H16BrF3N2O2. The van der Waals surface area contributed by atoms with E-state index in [9.17, 15) is 18.0 Å². The van der Waals surface area contributed by atoms with E-state index in [1.165, 1.54) is 12.1 Å². The van der Waals surface area contributed by atoms with Crippen LogP contribution in [-0.4, -0.2) is 17.8 Å². The summed E-state index contributed by atoms with van der Waals surface area (Å²) in [4.78, 5) is 12.1. The summed E-state index contributed by atoms with van der Waals surface area (Å²) < 4.78 is 41.4. The summed E-state index contributed by atoms with van der Waals surface area (Å²) in [5.74, 6) is -1.05. The molecule has 0 fully saturated rings. The van der Waals surface area contributed by atoms with Gasteiger partial charge in [-0.15, -0.1) is 13.2 Å². The fraction of sp³-hybridized carbons (Fsp3) is 0.462. The number of hydrogen-bond acceptors (Lipinski definition) is 3. The van der Waals surface area contributed by atoms with Gasteiger partial charge in [-0.1, -0.05) is 29.8 Å². The van der Waals surface area contributed by atoms with Crippen molar-refractivity contribution < 1.29 is 22.7 Å². The number of halogens is 4. The van der Waals surface area contributed by atoms with Crippen molar-refractivity contribution in [2.75, 3.05) is 5.32 Å². The number of benzene rings is 1. The van der Waals surface area contributed by atoms with Gasteiger partial charge in [0.1, 0.15) is 0 Å². The molecule has 1 amide bonds. The maximum absolute atomic E-state index is 12.4. The van der Waals surface area contributed by atoms with Crippen molar-refractivity contribution in [3.63, 3.8) is 0 Å². The first-order valence-corrected chi connectivity index (χ1v) is 7.06. The molecule has 0 saturated heterocycles. The summed E-state index contributed by atoms with van der Waals surface area (Å²) in [5, 5.41) is 2.39. The Hall–Kier alpha value is -1.28. The molecule has 0 radical (unpaired) electrons. The monoisotopic (exact) mass is 368 g/mol. The minimum Gasteiger partial charge on any atom is -0.404 e. The molecule has 0 aliphatic carbocycles. The molecule has 0 atom stereocenters. The number of rotatable bonds is 5. The van der Waals surface area contributed by atoms with Gasteiger partial charge >= 0.3 is 6.36 Å². The third-order valence-corrected chi connectivity index (χ3v) is 3.62. The second-order valence-corrected chi connectivity index (χ2v) is 5.42. The van der Waals surface area contributed by atoms with Crippen LogP contribution in [0.5, 0.6) is 5.75 Å². The van der Waals surface area contributed by atoms with Crippen LogP contribution in [0, 0.1) is 0 Å². The third-order valence-electron chi connectivity index (χ3n) is 3.13. The molecule has 1 aromatic carbocycles. The molecule has 8 heteroatoms. The quantitative estimate of drug-likeness (QED) is 0.830. The molecule has 1 aromatic rings. The number of hydrogen-bond donors (Lipinski definition) is 2. The first kappa shape index (κ1) is 17.8. The molecule has 0 bridgehead atoms. The van der Waals surface area contributed by atoms with Gasteiger partial charge in [-0.25, -0.2) is 0 Å². The minimum atomic E-state index is -4.85. The van der Waals surface area contributed by atoms with E-state index in [-0.39, 0.29) is 5.69 Å². The van der Waals surface area contributed by atoms with Gasteiger partial charge in [0.25, 0.3) is 0 Å². The second kappa shape index (κ2) is 6.65. The average molecular weight is 369 g/mol. The number of nitrogens with two attached hydrogens (primary N) is 1. The first-order valence-electron chi connectivity index (χ1n) is 6.27. The van der Waals surface area contributed by atoms with Crippen LogP contribution in [0.3, 0.4) is 0 Å². The van der Waals surface area contributed by atoms with Gasteiger partial charge in [0, 0.05) is 4.47 Å². The van der Waals surface area contributed by atoms with Crippen molar-refractivity contribution in [3.05, 3.63) is 22.7 Å². The lowest BCUT2D eigenvalue weighted by molar-refractivity contribution is -0.274. The zero-order chi connectivity index (χ0) is 16.3. The lowest BCUT2D eigenvalue weighted by Gasteiger charge is -2.25. The number of ether oxygens (including phenoxy) is 1. The predicted molar refractivity (Wildman–Crippen MR) is 77.0 cm³/mol. The third kappa shape index (κ3) is 4.89. The van der Waals surface area contributed by atoms with E-state index in [0.717, 1.165) is 6.07 Å². The van der Waals surface area contributed by atoms with Gasteiger partial charge in [0.15, 0.2) is 5.75 Å². The van der Waals surface area contributed by atoms with Crippen LogP contribution < -0.4 is 15.8 Å². The van der Waals surface area contributed by atoms with Gasteiger partial charge in [0.2, 0.25) is 5.91 Å². The van der Waals surface area contributed by atoms with Gasteiger partial charge < -0.3 is 15.8 Å². The van der Waals surface area contributed by atoms with Crippen molar-refractivity contribution in [1.29, 1.82) is 0 Å². The Morgan fingerprint density at radius 3 is 2.38 bits per heavy atom. The van der Waals surface area contributed by atoms with Crippen molar-refractivity contribution in [2.45, 2.75) is 38.6 Å². The molecule has 3 N–H and O–H groups in total. The van der Waals surface area contributed by atoms with Crippen LogP contribution in [0.15, 0.2) is 22.7 Å². The minimum absolute atomic E-state index is 0.0859. The number of carbonyl (C=O) groups is 1. The van der Waals surface area contributed by atoms with Crippen LogP contribution in [0.2, 0.25) is 0 Å². The standard InChI is InChI=1S/C13H16BrF3N2O2/c1-3-12(18,4-2)11(20)19-9-6-5-8(14)7-10(9)21-13(15,16)17/h5-7H,3-4,18H2,1-2H3,(H,19,20). The van der Waals surface area contributed by atoms with Gasteiger partial charge in [-0.2, -0.15) is 0 Å². The van der Waals surface area contributed by atoms with Crippen molar-refractivity contribution in [3.8, 4) is 5.75 Å². The summed E-state index contributed by atoms with van der Waals surface area (Å²) in [6, 6.07) is 3.93. The highest BCUT2D eigenvalue weighted by Crippen LogP contribution is 2.33. The molecule has 0 aromatic heterocycles. The number of alkyl halides is 3. The van der Waals surface area contributed by atoms with Crippen molar-refractivity contribution in [2.24, 2.45) is 5.73 Å². The summed E-state index contributed by atoms with van der Waals surface area (Å²) in [6.45, 7) is 3.47. The summed E-state index contributed by atoms with van der Waals surface area (Å²) in [5.41, 5.74) is 4.69. The maximum Gasteiger partial charge on any atom is 0.573 e. The molecule has 0 unspecified atom stereocenters. The topological polar surface area (TPSA) is 64.4 Å². The zero-order valence-electron chi connectivity index (χ0n) is 11.6. The van der Waals surface area contributed by atoms with Crippen LogP contribution in [0.4, 0.5) is 18.9 Å². The Morgan fingerprint density at radius 2 is 1.90 bits per heavy atom. The average Bonchev–Trinajstić information content (AvgIpc) is 2.39. The lowest BCUT2D eigenvalue weighted by Crippen LogP contribution is -2.50. The van der Waals surface area contributed by atoms with E-state index in [4.69, 9.17) is 5.73 Å². The first-order chi connectivity index (χ1) is 9.61. The summed E-state index contributed by atoms with van der Waals surface area (Å²) >= 11 is 3.05. The molecule has 1 rings (SSSR count). The Kier molecular flexibility index (Phi) is 5.63. The fourth-order valence-electron chi connectivity index (χ4n) is 1.63. The molecule has 21 heavy (non-hydrogen) atoms. The Morgan fingerprint density at radius 1 is 1.33 bits per heavy atom. The van der Waals surface area contributed by atoms with E-state index in [1.54, 1.807) is 13.8 Å². The van der Waals surface area contributed by atoms with E-state index >= 15 is 0 Å². The number of nitrogens with one attached hydrogen (secondary N) is 1. The van der Waals surface area contributed by atoms with Crippen molar-refractivity contribution >= 4 is 27.5 Å². The van der Waals surface area contributed by atoms with E-state index < -0.39 is 23.6 Å². The van der Waals surface area contributed by atoms with Crippen LogP contribution in [-0.2, 0) is 4.79 Å². The lowest BCUT2D eigenvalue weighted by atomic mass is 9.93. The molecule has 0 heterocycles. The van der Waals surface area contributed by atoms with Gasteiger partial charge in [-0.05, 0) is 31.0 Å². The summed E-state index contributed by atoms with van der Waals surface area (Å²) in [6.07, 6.45) is -4.13. The van der Waals surface area contributed by atoms with E-state index in [1.807, 2.05) is 0 Å². The number of carbonyl (C=O) groups excluding carboxylic acids is 1. The Bertz CT molecular complexity index is 517. The highest BCUT2D eigenvalue weighted by molar-refractivity contribution is 9.10. The van der Waals surface area contributed by atoms with E-state index in [0.29, 0.717) is 17.3 Å². The maximum atomic E-state index is 12.4. The molecule has 118 valence electrons. The molecule has 0 spiro atoms. The zero-order valence-corrected chi connectivity index (χ0v) is 13.1. The Labute approximate surface area is 129 Å². The smallest absolute Gasteiger partial charge is 0.404 e. The van der Waals surface area contributed by atoms with Crippen molar-refractivity contribution in [1.82, 2.24) is 0 Å². The number of anilines is 1. The van der Waals surface area contributed by atoms with Gasteiger partial charge in [-0.3, -0.25) is 4.79 Å². The van der Waals surface area contributed by atoms with E-state index in [2.05, 4.69) is 26.0 Å². The highest BCUT2D eigenvalue weighted by atomic mass is 79.9. The molecule has 4 nitrogen and oxygen atoms in total. The predicted octanol–water partition coefficient (Wildman–Crippen LogP) is 3.80. The summed E-state index contributed by atoms with van der Waals surface area (Å²) in [7, 11) is 0. The van der Waals surface area contributed by atoms with Crippen LogP contribution in [0.25, 0.3) is 0 Å². The highest BCUT2D eigenvalue weighted by Gasteiger charge is 2.34. The van der Waals surface area contributed by atoms with Crippen LogP contribution in [0.1, 0.15) is 26.7 Å². The molecule has 0 aliphatic rings. The largest absolute Gasteiger partial charge is 0.573 e. The number of amides is 1. The molecule has 0 saturated carbocycles. The normalized spacial score (nSPS) is 12.1. The fourth-order valence-corrected chi connectivity index (χ4v) is 1.97. The molecule has 0 aliphatic heterocycles. The SMILES string of the molecule is CCC(N)(CC)C(=O)Nc1ccc(Br)cc1OC(F)(F)F. The second-order valence-electron chi connectivity index (χ2n) is 4.51.